The minimum atomic E-state index is -4.59. The number of methoxy groups -OCH3 is 2. The van der Waals surface area contributed by atoms with E-state index in [1.165, 1.54) is 99.2 Å². The molecule has 35 heteroatoms. The molecule has 7 aromatic rings. The van der Waals surface area contributed by atoms with Crippen molar-refractivity contribution in [1.29, 1.82) is 5.26 Å². The zero-order chi connectivity index (χ0) is 69.7. The molecule has 518 valence electrons. The Balaban J connectivity index is 0.000000214. The van der Waals surface area contributed by atoms with Crippen LogP contribution in [0.25, 0.3) is 11.2 Å². The number of aromatic nitrogens is 6. The van der Waals surface area contributed by atoms with Gasteiger partial charge in [-0.15, -0.1) is 0 Å². The summed E-state index contributed by atoms with van der Waals surface area (Å²) in [6.07, 6.45) is -4.99. The number of benzene rings is 4. The third-order valence-electron chi connectivity index (χ3n) is 15.5. The smallest absolute Gasteiger partial charge is 0.497 e. The molecule has 4 saturated heterocycles. The van der Waals surface area contributed by atoms with Crippen LogP contribution >= 0.6 is 39.1 Å². The van der Waals surface area contributed by atoms with E-state index in [-0.39, 0.29) is 76.0 Å². The topological polar surface area (TPSA) is 394 Å². The Kier molecular flexibility index (Phi) is 24.3. The average Bonchev–Trinajstić information content (AvgIpc) is 1.56. The van der Waals surface area contributed by atoms with E-state index in [0.717, 1.165) is 15.9 Å². The van der Waals surface area contributed by atoms with Crippen molar-refractivity contribution < 1.29 is 99.2 Å². The Morgan fingerprint density at radius 1 is 0.816 bits per heavy atom. The fourth-order valence-corrected chi connectivity index (χ4v) is 13.7. The number of carbonyl (C=O) groups is 4. The van der Waals surface area contributed by atoms with E-state index in [0.29, 0.717) is 55.1 Å². The largest absolute Gasteiger partial charge is 0.598 e. The van der Waals surface area contributed by atoms with E-state index >= 15 is 0 Å². The summed E-state index contributed by atoms with van der Waals surface area (Å²) >= 11 is 12.5. The molecule has 4 unspecified atom stereocenters. The molecule has 0 spiro atoms. The lowest BCUT2D eigenvalue weighted by Gasteiger charge is -2.29. The number of Topliss-reactive ketones (excluding diaryl/α,β-unsaturated/α-hetero) is 1. The number of aliphatic hydroxyl groups is 2. The number of amides is 2. The van der Waals surface area contributed by atoms with Gasteiger partial charge in [0.25, 0.3) is 11.8 Å². The van der Waals surface area contributed by atoms with Gasteiger partial charge in [-0.3, -0.25) is 37.1 Å². The van der Waals surface area contributed by atoms with Crippen LogP contribution in [0, 0.1) is 11.3 Å². The molecular formula is C63H66Cl2N9O22P2+. The molecule has 31 nitrogen and oxygen atoms in total. The molecule has 4 fully saturated rings. The minimum Gasteiger partial charge on any atom is -0.497 e. The number of para-hydroxylation sites is 2. The molecule has 3 aromatic heterocycles. The van der Waals surface area contributed by atoms with Crippen LogP contribution in [-0.2, 0) is 60.9 Å². The second-order valence-electron chi connectivity index (χ2n) is 22.0. The van der Waals surface area contributed by atoms with Crippen LogP contribution in [0.1, 0.15) is 85.0 Å². The number of ether oxygens (including phenoxy) is 9. The van der Waals surface area contributed by atoms with Gasteiger partial charge in [-0.1, -0.05) is 47.5 Å². The minimum absolute atomic E-state index is 0.00323. The lowest BCUT2D eigenvalue weighted by Crippen LogP contribution is -2.50. The molecule has 7 heterocycles. The predicted octanol–water partition coefficient (Wildman–Crippen LogP) is 8.22. The Bertz CT molecular complexity index is 4080. The van der Waals surface area contributed by atoms with Gasteiger partial charge in [-0.2, -0.15) is 10.2 Å². The summed E-state index contributed by atoms with van der Waals surface area (Å²) in [5.74, 6) is -1.71. The molecule has 0 saturated carbocycles. The number of nitrogens with zero attached hydrogens (tertiary/aromatic N) is 8. The molecule has 0 radical (unpaired) electrons. The normalized spacial score (nSPS) is 23.4. The number of phosphoric ester groups is 1. The standard InChI is InChI=1S/C35H34ClN3O12P.C28H32ClN6O10P/c1-46-23-13-9-21(10-14-23)31(41)39(32(42)22-11-15-24(47-2)16-12-22)28-17-18-38(34(43)37-28)33-30(50-29-8-5-19-48-29)35(44,27(20-40)49-33)52(45)51-26-7-4-3-6-25(26)36;1-17(36)9-10-21(37)40-14-20-24(45-46(38,41-13-5-11-30)44-19-7-3-2-6-18(19)29)25(43-22-8-4-12-39-22)28(42-20)35-16-34-23-26(31)32-15-33-27(23)35/h3-4,6-7,9-18,27,29-30,33,40,44H,5,8,19-20H2,1-2H3;2-3,6-7,15-16,20,22,24-25,28H,4-5,8-10,12-14H2,1H3,(H2,31,32,33)/q+1;/t27-,29?,30+,33-,35+;20-,22?,24-,25-,28-,46?/m11/s1. The van der Waals surface area contributed by atoms with Crippen LogP contribution in [0.15, 0.2) is 127 Å². The third kappa shape index (κ3) is 16.8. The fraction of sp³-hybridized carbons (Fsp3) is 0.397. The van der Waals surface area contributed by atoms with Gasteiger partial charge in [0.1, 0.15) is 65.6 Å². The maximum Gasteiger partial charge on any atom is 0.598 e. The number of imidazole rings is 1. The number of nitrogens with two attached hydrogens (primary N) is 1. The fourth-order valence-electron chi connectivity index (χ4n) is 10.6. The molecule has 2 amide bonds. The number of esters is 1. The van der Waals surface area contributed by atoms with Crippen molar-refractivity contribution in [3.8, 4) is 29.1 Å². The van der Waals surface area contributed by atoms with Crippen molar-refractivity contribution in [2.75, 3.05) is 57.9 Å². The highest BCUT2D eigenvalue weighted by Gasteiger charge is 2.73. The number of hydrogen-bond donors (Lipinski definition) is 3. The monoisotopic (exact) mass is 1430 g/mol. The zero-order valence-corrected chi connectivity index (χ0v) is 55.9. The third-order valence-corrected chi connectivity index (χ3v) is 19.0. The molecular weight excluding hydrogens is 1370 g/mol. The number of halogens is 2. The van der Waals surface area contributed by atoms with Crippen molar-refractivity contribution in [3.05, 3.63) is 154 Å². The Hall–Kier alpha value is -8.41. The van der Waals surface area contributed by atoms with Gasteiger partial charge in [0.05, 0.1) is 62.7 Å². The first-order valence-electron chi connectivity index (χ1n) is 30.4. The van der Waals surface area contributed by atoms with Crippen molar-refractivity contribution in [2.45, 2.75) is 113 Å². The first-order chi connectivity index (χ1) is 47.2. The quantitative estimate of drug-likeness (QED) is 0.0189. The summed E-state index contributed by atoms with van der Waals surface area (Å²) < 4.78 is 106. The maximum absolute atomic E-state index is 14.3. The molecule has 0 aliphatic carbocycles. The Morgan fingerprint density at radius 2 is 1.44 bits per heavy atom. The van der Waals surface area contributed by atoms with Gasteiger partial charge in [0.2, 0.25) is 5.75 Å². The summed E-state index contributed by atoms with van der Waals surface area (Å²) in [4.78, 5) is 83.0. The van der Waals surface area contributed by atoms with Crippen molar-refractivity contribution in [3.63, 3.8) is 0 Å². The van der Waals surface area contributed by atoms with Crippen molar-refractivity contribution >= 4 is 85.4 Å². The number of phosphoric acid groups is 1. The van der Waals surface area contributed by atoms with Crippen LogP contribution in [0.4, 0.5) is 11.6 Å². The molecule has 98 heavy (non-hydrogen) atoms. The molecule has 4 aromatic carbocycles. The number of aliphatic hydroxyl groups excluding tert-OH is 1. The van der Waals surface area contributed by atoms with Gasteiger partial charge in [-0.25, -0.2) is 29.2 Å². The molecule has 4 aliphatic rings. The van der Waals surface area contributed by atoms with Crippen LogP contribution in [0.5, 0.6) is 23.0 Å². The summed E-state index contributed by atoms with van der Waals surface area (Å²) in [5.41, 5.74) is 5.77. The maximum atomic E-state index is 14.3. The van der Waals surface area contributed by atoms with E-state index in [4.69, 9.17) is 94.9 Å². The lowest BCUT2D eigenvalue weighted by molar-refractivity contribution is -0.188. The molecule has 4 N–H and O–H groups in total. The Morgan fingerprint density at radius 3 is 2.01 bits per heavy atom. The van der Waals surface area contributed by atoms with E-state index in [2.05, 4.69) is 19.9 Å². The summed E-state index contributed by atoms with van der Waals surface area (Å²) in [6, 6.07) is 27.5. The van der Waals surface area contributed by atoms with Gasteiger partial charge >= 0.3 is 32.9 Å². The average molecular weight is 1430 g/mol. The molecule has 11 rings (SSSR count). The van der Waals surface area contributed by atoms with Gasteiger partial charge in [0, 0.05) is 49.8 Å². The lowest BCUT2D eigenvalue weighted by atomic mass is 10.1. The molecule has 12 atom stereocenters. The summed E-state index contributed by atoms with van der Waals surface area (Å²) in [6.45, 7) is 0.616. The first kappa shape index (κ1) is 72.3. The SMILES string of the molecule is CC(=O)CCC(=O)OC[C@H]1O[C@@H](n2cnc3c(N)ncnc32)[C@H](OC2CCCO2)[C@@H]1OP(=O)(OCCC#N)Oc1ccccc1Cl.COc1ccc(C(=O)N(C(=O)c2ccc(OC)cc2)c2ccn([C@@H]3O[C@H](CO)[C@](O)([P+](=O)Oc4ccccc4Cl)[C@H]3OC3CCCO3)c(=O)n2)cc1. The first-order valence-corrected chi connectivity index (χ1v) is 33.8. The zero-order valence-electron chi connectivity index (χ0n) is 52.6. The second-order valence-corrected chi connectivity index (χ2v) is 25.8. The molecule has 0 bridgehead atoms. The predicted molar refractivity (Wildman–Crippen MR) is 344 cm³/mol. The van der Waals surface area contributed by atoms with Crippen LogP contribution in [-0.4, -0.2) is 159 Å². The van der Waals surface area contributed by atoms with Gasteiger partial charge < -0.3 is 67.9 Å². The van der Waals surface area contributed by atoms with Crippen LogP contribution < -0.4 is 34.8 Å². The number of imide groups is 1. The van der Waals surface area contributed by atoms with Crippen LogP contribution in [0.3, 0.4) is 0 Å². The number of hydrogen-bond acceptors (Lipinski definition) is 28. The number of carbonyl (C=O) groups excluding carboxylic acids is 4. The van der Waals surface area contributed by atoms with Crippen molar-refractivity contribution in [1.82, 2.24) is 29.1 Å². The number of fused-ring (bicyclic) bond motifs is 1. The van der Waals surface area contributed by atoms with Crippen LogP contribution in [0.2, 0.25) is 10.0 Å². The van der Waals surface area contributed by atoms with E-state index in [1.54, 1.807) is 48.5 Å². The number of rotatable bonds is 27. The number of nitriles is 1. The number of anilines is 2. The number of nitrogen functional groups attached to an aromatic ring is 1. The van der Waals surface area contributed by atoms with E-state index in [1.807, 2.05) is 6.07 Å². The van der Waals surface area contributed by atoms with Crippen molar-refractivity contribution in [2.24, 2.45) is 0 Å². The van der Waals surface area contributed by atoms with E-state index < -0.39 is 113 Å². The second kappa shape index (κ2) is 33.0. The highest BCUT2D eigenvalue weighted by Crippen LogP contribution is 2.56. The highest BCUT2D eigenvalue weighted by molar-refractivity contribution is 7.49. The highest BCUT2D eigenvalue weighted by atomic mass is 35.5. The number of ketones is 1. The summed E-state index contributed by atoms with van der Waals surface area (Å²) in [5, 5.41) is 29.2. The summed E-state index contributed by atoms with van der Waals surface area (Å²) in [7, 11) is -4.84. The Labute approximate surface area is 569 Å². The van der Waals surface area contributed by atoms with Gasteiger partial charge in [0.15, 0.2) is 48.7 Å². The van der Waals surface area contributed by atoms with Gasteiger partial charge in [-0.05, 0) is 103 Å². The van der Waals surface area contributed by atoms with E-state index in [9.17, 15) is 43.3 Å². The molecule has 4 aliphatic heterocycles.